The number of rotatable bonds is 8. The van der Waals surface area contributed by atoms with Crippen LogP contribution in [-0.4, -0.2) is 32.7 Å². The lowest BCUT2D eigenvalue weighted by Crippen LogP contribution is -2.23. The molecule has 1 rings (SSSR count). The molecule has 0 unspecified atom stereocenters. The Hall–Kier alpha value is -1.75. The van der Waals surface area contributed by atoms with Crippen molar-refractivity contribution in [3.63, 3.8) is 0 Å². The average Bonchev–Trinajstić information content (AvgIpc) is 2.45. The number of methoxy groups -OCH3 is 1. The first-order chi connectivity index (χ1) is 9.56. The minimum atomic E-state index is -0.0274. The zero-order valence-corrected chi connectivity index (χ0v) is 12.7. The van der Waals surface area contributed by atoms with Crippen molar-refractivity contribution in [2.24, 2.45) is 0 Å². The van der Waals surface area contributed by atoms with Gasteiger partial charge in [-0.3, -0.25) is 4.79 Å². The first-order valence-corrected chi connectivity index (χ1v) is 6.80. The first-order valence-electron chi connectivity index (χ1n) is 6.80. The van der Waals surface area contributed by atoms with Gasteiger partial charge in [-0.15, -0.1) is 0 Å². The number of benzene rings is 1. The molecule has 0 aliphatic carbocycles. The van der Waals surface area contributed by atoms with Gasteiger partial charge in [-0.2, -0.15) is 0 Å². The lowest BCUT2D eigenvalue weighted by atomic mass is 10.1. The highest BCUT2D eigenvalue weighted by Gasteiger charge is 2.07. The molecule has 5 heteroatoms. The Kier molecular flexibility index (Phi) is 6.87. The van der Waals surface area contributed by atoms with Crippen molar-refractivity contribution < 1.29 is 14.3 Å². The molecule has 1 aromatic carbocycles. The molecule has 5 nitrogen and oxygen atoms in total. The number of hydrogen-bond donors (Lipinski definition) is 2. The summed E-state index contributed by atoms with van der Waals surface area (Å²) in [6.45, 7) is 5.24. The van der Waals surface area contributed by atoms with E-state index in [1.54, 1.807) is 14.2 Å². The fraction of sp³-hybridized carbons (Fsp3) is 0.533. The summed E-state index contributed by atoms with van der Waals surface area (Å²) in [6, 6.07) is 6.07. The molecule has 1 aromatic rings. The molecule has 0 aromatic heterocycles. The van der Waals surface area contributed by atoms with Crippen molar-refractivity contribution in [2.75, 3.05) is 20.8 Å². The third-order valence-corrected chi connectivity index (χ3v) is 2.83. The zero-order chi connectivity index (χ0) is 15.0. The first kappa shape index (κ1) is 16.3. The molecular formula is C15H24N2O3. The normalized spacial score (nSPS) is 10.4. The van der Waals surface area contributed by atoms with E-state index < -0.39 is 0 Å². The molecule has 1 amide bonds. The van der Waals surface area contributed by atoms with Crippen LogP contribution in [0, 0.1) is 0 Å². The number of carbonyl (C=O) groups excluding carboxylic acids is 1. The van der Waals surface area contributed by atoms with E-state index in [0.29, 0.717) is 25.6 Å². The summed E-state index contributed by atoms with van der Waals surface area (Å²) < 4.78 is 10.9. The summed E-state index contributed by atoms with van der Waals surface area (Å²) in [5.74, 6) is 1.55. The molecule has 0 saturated heterocycles. The summed E-state index contributed by atoms with van der Waals surface area (Å²) in [5.41, 5.74) is 1.02. The second-order valence-electron chi connectivity index (χ2n) is 4.78. The predicted octanol–water partition coefficient (Wildman–Crippen LogP) is 1.71. The van der Waals surface area contributed by atoms with Gasteiger partial charge >= 0.3 is 0 Å². The van der Waals surface area contributed by atoms with Crippen LogP contribution in [0.25, 0.3) is 0 Å². The molecule has 112 valence electrons. The Morgan fingerprint density at radius 1 is 1.35 bits per heavy atom. The van der Waals surface area contributed by atoms with E-state index in [9.17, 15) is 4.79 Å². The summed E-state index contributed by atoms with van der Waals surface area (Å²) in [7, 11) is 3.26. The maximum absolute atomic E-state index is 11.2. The Morgan fingerprint density at radius 3 is 2.70 bits per heavy atom. The van der Waals surface area contributed by atoms with Crippen molar-refractivity contribution in [1.29, 1.82) is 0 Å². The molecule has 0 bridgehead atoms. The van der Waals surface area contributed by atoms with Gasteiger partial charge < -0.3 is 20.1 Å². The van der Waals surface area contributed by atoms with Crippen LogP contribution in [0.1, 0.15) is 25.8 Å². The van der Waals surface area contributed by atoms with Crippen molar-refractivity contribution >= 4 is 5.91 Å². The molecule has 0 fully saturated rings. The molecule has 0 aliphatic rings. The summed E-state index contributed by atoms with van der Waals surface area (Å²) in [4.78, 5) is 11.2. The van der Waals surface area contributed by atoms with Crippen molar-refractivity contribution in [3.8, 4) is 11.5 Å². The van der Waals surface area contributed by atoms with Gasteiger partial charge in [0.05, 0.1) is 20.1 Å². The minimum Gasteiger partial charge on any atom is -0.497 e. The molecule has 0 radical (unpaired) electrons. The standard InChI is InChI=1S/C15H24N2O3/c1-11(2)17-10-12-9-13(19-4)5-6-14(12)20-8-7-15(18)16-3/h5-6,9,11,17H,7-8,10H2,1-4H3,(H,16,18). The largest absolute Gasteiger partial charge is 0.497 e. The Morgan fingerprint density at radius 2 is 2.10 bits per heavy atom. The van der Waals surface area contributed by atoms with Gasteiger partial charge in [0, 0.05) is 25.2 Å². The van der Waals surface area contributed by atoms with Crippen LogP contribution in [0.2, 0.25) is 0 Å². The van der Waals surface area contributed by atoms with Gasteiger partial charge in [-0.05, 0) is 18.2 Å². The van der Waals surface area contributed by atoms with E-state index in [0.717, 1.165) is 17.1 Å². The molecule has 2 N–H and O–H groups in total. The van der Waals surface area contributed by atoms with Crippen molar-refractivity contribution in [3.05, 3.63) is 23.8 Å². The third kappa shape index (κ3) is 5.48. The predicted molar refractivity (Wildman–Crippen MR) is 79.1 cm³/mol. The van der Waals surface area contributed by atoms with Crippen molar-refractivity contribution in [2.45, 2.75) is 32.9 Å². The molecule has 0 aliphatic heterocycles. The highest BCUT2D eigenvalue weighted by atomic mass is 16.5. The number of ether oxygens (including phenoxy) is 2. The van der Waals surface area contributed by atoms with Crippen LogP contribution in [0.4, 0.5) is 0 Å². The molecule has 0 saturated carbocycles. The van der Waals surface area contributed by atoms with Gasteiger partial charge in [-0.25, -0.2) is 0 Å². The number of nitrogens with one attached hydrogen (secondary N) is 2. The van der Waals surface area contributed by atoms with Crippen LogP contribution in [-0.2, 0) is 11.3 Å². The topological polar surface area (TPSA) is 59.6 Å². The Labute approximate surface area is 120 Å². The molecule has 0 spiro atoms. The van der Waals surface area contributed by atoms with Crippen molar-refractivity contribution in [1.82, 2.24) is 10.6 Å². The molecule has 0 heterocycles. The molecular weight excluding hydrogens is 256 g/mol. The van der Waals surface area contributed by atoms with Crippen LogP contribution in [0.5, 0.6) is 11.5 Å². The van der Waals surface area contributed by atoms with E-state index in [-0.39, 0.29) is 5.91 Å². The van der Waals surface area contributed by atoms with E-state index in [1.165, 1.54) is 0 Å². The zero-order valence-electron chi connectivity index (χ0n) is 12.7. The Bertz CT molecular complexity index is 433. The monoisotopic (exact) mass is 280 g/mol. The lowest BCUT2D eigenvalue weighted by Gasteiger charge is -2.15. The number of amides is 1. The summed E-state index contributed by atoms with van der Waals surface area (Å²) in [6.07, 6.45) is 0.347. The average molecular weight is 280 g/mol. The van der Waals surface area contributed by atoms with Gasteiger partial charge in [0.2, 0.25) is 5.91 Å². The maximum atomic E-state index is 11.2. The van der Waals surface area contributed by atoms with Crippen LogP contribution in [0.3, 0.4) is 0 Å². The van der Waals surface area contributed by atoms with Gasteiger partial charge in [0.1, 0.15) is 11.5 Å². The fourth-order valence-corrected chi connectivity index (χ4v) is 1.65. The van der Waals surface area contributed by atoms with Gasteiger partial charge in [-0.1, -0.05) is 13.8 Å². The van der Waals surface area contributed by atoms with E-state index in [1.807, 2.05) is 18.2 Å². The van der Waals surface area contributed by atoms with Gasteiger partial charge in [0.15, 0.2) is 0 Å². The second kappa shape index (κ2) is 8.43. The van der Waals surface area contributed by atoms with Crippen LogP contribution < -0.4 is 20.1 Å². The second-order valence-corrected chi connectivity index (χ2v) is 4.78. The molecule has 0 atom stereocenters. The highest BCUT2D eigenvalue weighted by Crippen LogP contribution is 2.24. The van der Waals surface area contributed by atoms with Gasteiger partial charge in [0.25, 0.3) is 0 Å². The number of carbonyl (C=O) groups is 1. The van der Waals surface area contributed by atoms with E-state index >= 15 is 0 Å². The minimum absolute atomic E-state index is 0.0274. The fourth-order valence-electron chi connectivity index (χ4n) is 1.65. The van der Waals surface area contributed by atoms with E-state index in [4.69, 9.17) is 9.47 Å². The smallest absolute Gasteiger partial charge is 0.223 e. The quantitative estimate of drug-likeness (QED) is 0.761. The summed E-state index contributed by atoms with van der Waals surface area (Å²) in [5, 5.41) is 5.92. The SMILES string of the molecule is CNC(=O)CCOc1ccc(OC)cc1CNC(C)C. The maximum Gasteiger partial charge on any atom is 0.223 e. The number of hydrogen-bond acceptors (Lipinski definition) is 4. The lowest BCUT2D eigenvalue weighted by molar-refractivity contribution is -0.121. The van der Waals surface area contributed by atoms with E-state index in [2.05, 4.69) is 24.5 Å². The highest BCUT2D eigenvalue weighted by molar-refractivity contribution is 5.75. The Balaban J connectivity index is 2.69. The van der Waals surface area contributed by atoms with Crippen LogP contribution >= 0.6 is 0 Å². The third-order valence-electron chi connectivity index (χ3n) is 2.83. The summed E-state index contributed by atoms with van der Waals surface area (Å²) >= 11 is 0. The molecule has 20 heavy (non-hydrogen) atoms. The van der Waals surface area contributed by atoms with Crippen LogP contribution in [0.15, 0.2) is 18.2 Å².